The van der Waals surface area contributed by atoms with E-state index in [1.54, 1.807) is 0 Å². The van der Waals surface area contributed by atoms with Crippen molar-refractivity contribution >= 4 is 22.9 Å². The largest absolute Gasteiger partial charge is 0.503 e. The lowest BCUT2D eigenvalue weighted by molar-refractivity contribution is -0.116. The Bertz CT molecular complexity index is 961. The van der Waals surface area contributed by atoms with Crippen LogP contribution in [0.5, 0.6) is 0 Å². The highest BCUT2D eigenvalue weighted by Crippen LogP contribution is 2.19. The molecular weight excluding hydrogens is 354 g/mol. The van der Waals surface area contributed by atoms with E-state index in [-0.39, 0.29) is 6.61 Å². The Morgan fingerprint density at radius 2 is 1.86 bits per heavy atom. The molecule has 0 fully saturated rings. The van der Waals surface area contributed by atoms with Gasteiger partial charge in [-0.2, -0.15) is 0 Å². The molecule has 1 aromatic heterocycles. The Morgan fingerprint density at radius 3 is 2.57 bits per heavy atom. The number of aromatic nitrogens is 1. The molecule has 0 saturated carbocycles. The Kier molecular flexibility index (Phi) is 6.47. The molecule has 0 spiro atoms. The second-order valence-corrected chi connectivity index (χ2v) is 6.74. The van der Waals surface area contributed by atoms with E-state index in [9.17, 15) is 15.0 Å². The molecule has 0 bridgehead atoms. The lowest BCUT2D eigenvalue weighted by Gasteiger charge is -2.21. The van der Waals surface area contributed by atoms with E-state index in [2.05, 4.69) is 22.0 Å². The predicted molar refractivity (Wildman–Crippen MR) is 111 cm³/mol. The Morgan fingerprint density at radius 1 is 1.11 bits per heavy atom. The van der Waals surface area contributed by atoms with Crippen molar-refractivity contribution in [1.29, 1.82) is 0 Å². The number of carbonyl (C=O) groups is 1. The SMILES string of the molecule is NC(=O)/C(O)=C\c1ccc(CN(CCO)CCc2c[nH]c3ccccc23)cc1. The van der Waals surface area contributed by atoms with Gasteiger partial charge < -0.3 is 20.9 Å². The number of primary amides is 1. The van der Waals surface area contributed by atoms with Crippen molar-refractivity contribution in [1.82, 2.24) is 9.88 Å². The van der Waals surface area contributed by atoms with Gasteiger partial charge in [-0.25, -0.2) is 0 Å². The number of aliphatic hydroxyl groups excluding tert-OH is 2. The predicted octanol–water partition coefficient (Wildman–Crippen LogP) is 2.59. The van der Waals surface area contributed by atoms with Crippen LogP contribution in [0.25, 0.3) is 17.0 Å². The van der Waals surface area contributed by atoms with Crippen LogP contribution in [0.2, 0.25) is 0 Å². The number of fused-ring (bicyclic) bond motifs is 1. The number of amides is 1. The number of hydrogen-bond donors (Lipinski definition) is 4. The first kappa shape index (κ1) is 19.7. The van der Waals surface area contributed by atoms with Crippen LogP contribution in [0.15, 0.2) is 60.5 Å². The molecule has 0 aliphatic carbocycles. The van der Waals surface area contributed by atoms with Gasteiger partial charge in [0.1, 0.15) is 0 Å². The quantitative estimate of drug-likeness (QED) is 0.339. The fourth-order valence-electron chi connectivity index (χ4n) is 3.23. The number of aliphatic hydroxyl groups is 2. The smallest absolute Gasteiger partial charge is 0.283 e. The summed E-state index contributed by atoms with van der Waals surface area (Å²) in [5, 5.41) is 20.1. The molecule has 0 radical (unpaired) electrons. The van der Waals surface area contributed by atoms with E-state index in [1.807, 2.05) is 42.6 Å². The Labute approximate surface area is 163 Å². The minimum atomic E-state index is -0.851. The third-order valence-electron chi connectivity index (χ3n) is 4.73. The number of rotatable bonds is 9. The van der Waals surface area contributed by atoms with Crippen LogP contribution in [0, 0.1) is 0 Å². The highest BCUT2D eigenvalue weighted by atomic mass is 16.3. The third-order valence-corrected chi connectivity index (χ3v) is 4.73. The number of nitrogens with two attached hydrogens (primary N) is 1. The number of hydrogen-bond acceptors (Lipinski definition) is 4. The summed E-state index contributed by atoms with van der Waals surface area (Å²) in [4.78, 5) is 16.4. The van der Waals surface area contributed by atoms with E-state index >= 15 is 0 Å². The average Bonchev–Trinajstić information content (AvgIpc) is 3.11. The molecule has 3 rings (SSSR count). The van der Waals surface area contributed by atoms with Crippen molar-refractivity contribution in [3.05, 3.63) is 77.2 Å². The van der Waals surface area contributed by atoms with Crippen LogP contribution in [-0.4, -0.2) is 45.7 Å². The van der Waals surface area contributed by atoms with Crippen molar-refractivity contribution < 1.29 is 15.0 Å². The molecule has 0 aliphatic heterocycles. The molecule has 0 unspecified atom stereocenters. The van der Waals surface area contributed by atoms with E-state index in [0.29, 0.717) is 18.7 Å². The molecule has 5 N–H and O–H groups in total. The highest BCUT2D eigenvalue weighted by Gasteiger charge is 2.09. The monoisotopic (exact) mass is 379 g/mol. The van der Waals surface area contributed by atoms with E-state index < -0.39 is 11.7 Å². The standard InChI is InChI=1S/C22H25N3O3/c23-22(28)21(27)13-16-5-7-17(8-6-16)15-25(11-12-26)10-9-18-14-24-20-4-2-1-3-19(18)20/h1-8,13-14,24,26-27H,9-12,15H2,(H2,23,28)/b21-13+. The van der Waals surface area contributed by atoms with Crippen LogP contribution in [-0.2, 0) is 17.8 Å². The second-order valence-electron chi connectivity index (χ2n) is 6.74. The maximum absolute atomic E-state index is 10.9. The molecule has 0 aliphatic rings. The summed E-state index contributed by atoms with van der Waals surface area (Å²) in [5.41, 5.74) is 9.22. The lowest BCUT2D eigenvalue weighted by atomic mass is 10.1. The molecule has 6 heteroatoms. The molecule has 1 amide bonds. The number of benzene rings is 2. The van der Waals surface area contributed by atoms with Gasteiger partial charge in [-0.3, -0.25) is 9.69 Å². The van der Waals surface area contributed by atoms with Gasteiger partial charge in [-0.1, -0.05) is 42.5 Å². The normalized spacial score (nSPS) is 12.0. The second kappa shape index (κ2) is 9.21. The van der Waals surface area contributed by atoms with Gasteiger partial charge in [-0.05, 0) is 35.3 Å². The van der Waals surface area contributed by atoms with Gasteiger partial charge >= 0.3 is 0 Å². The summed E-state index contributed by atoms with van der Waals surface area (Å²) in [6.07, 6.45) is 4.28. The summed E-state index contributed by atoms with van der Waals surface area (Å²) in [5.74, 6) is -1.32. The first-order valence-corrected chi connectivity index (χ1v) is 9.24. The van der Waals surface area contributed by atoms with Crippen molar-refractivity contribution in [3.8, 4) is 0 Å². The topological polar surface area (TPSA) is 103 Å². The Hall–Kier alpha value is -3.09. The van der Waals surface area contributed by atoms with Gasteiger partial charge in [0.25, 0.3) is 5.91 Å². The molecule has 0 atom stereocenters. The summed E-state index contributed by atoms with van der Waals surface area (Å²) >= 11 is 0. The average molecular weight is 379 g/mol. The summed E-state index contributed by atoms with van der Waals surface area (Å²) in [6.45, 7) is 2.22. The van der Waals surface area contributed by atoms with Crippen molar-refractivity contribution in [2.24, 2.45) is 5.73 Å². The van der Waals surface area contributed by atoms with Crippen LogP contribution < -0.4 is 5.73 Å². The fraction of sp³-hybridized carbons (Fsp3) is 0.227. The molecule has 0 saturated heterocycles. The van der Waals surface area contributed by atoms with Crippen LogP contribution in [0.3, 0.4) is 0 Å². The molecule has 3 aromatic rings. The zero-order valence-electron chi connectivity index (χ0n) is 15.6. The molecule has 6 nitrogen and oxygen atoms in total. The van der Waals surface area contributed by atoms with Crippen molar-refractivity contribution in [2.75, 3.05) is 19.7 Å². The number of para-hydroxylation sites is 1. The van der Waals surface area contributed by atoms with Crippen LogP contribution in [0.1, 0.15) is 16.7 Å². The van der Waals surface area contributed by atoms with Gasteiger partial charge in [0.05, 0.1) is 6.61 Å². The Balaban J connectivity index is 1.64. The van der Waals surface area contributed by atoms with E-state index in [0.717, 1.165) is 24.0 Å². The summed E-state index contributed by atoms with van der Waals surface area (Å²) in [7, 11) is 0. The first-order chi connectivity index (χ1) is 13.6. The zero-order valence-corrected chi connectivity index (χ0v) is 15.6. The summed E-state index contributed by atoms with van der Waals surface area (Å²) in [6, 6.07) is 15.8. The minimum Gasteiger partial charge on any atom is -0.503 e. The number of nitrogens with one attached hydrogen (secondary N) is 1. The molecular formula is C22H25N3O3. The number of nitrogens with zero attached hydrogens (tertiary/aromatic N) is 1. The number of aromatic amines is 1. The fourth-order valence-corrected chi connectivity index (χ4v) is 3.23. The van der Waals surface area contributed by atoms with Crippen LogP contribution >= 0.6 is 0 Å². The summed E-state index contributed by atoms with van der Waals surface area (Å²) < 4.78 is 0. The first-order valence-electron chi connectivity index (χ1n) is 9.24. The van der Waals surface area contributed by atoms with Crippen LogP contribution in [0.4, 0.5) is 0 Å². The number of H-pyrrole nitrogens is 1. The lowest BCUT2D eigenvalue weighted by Crippen LogP contribution is -2.28. The maximum Gasteiger partial charge on any atom is 0.283 e. The number of carbonyl (C=O) groups excluding carboxylic acids is 1. The van der Waals surface area contributed by atoms with Gasteiger partial charge in [0.15, 0.2) is 5.76 Å². The third kappa shape index (κ3) is 5.00. The van der Waals surface area contributed by atoms with E-state index in [1.165, 1.54) is 17.0 Å². The zero-order chi connectivity index (χ0) is 19.9. The maximum atomic E-state index is 10.9. The highest BCUT2D eigenvalue weighted by molar-refractivity contribution is 5.93. The van der Waals surface area contributed by atoms with Gasteiger partial charge in [0.2, 0.25) is 0 Å². The van der Waals surface area contributed by atoms with Gasteiger partial charge in [-0.15, -0.1) is 0 Å². The molecule has 28 heavy (non-hydrogen) atoms. The minimum absolute atomic E-state index is 0.0984. The molecule has 2 aromatic carbocycles. The van der Waals surface area contributed by atoms with Crippen molar-refractivity contribution in [3.63, 3.8) is 0 Å². The van der Waals surface area contributed by atoms with Crippen molar-refractivity contribution in [2.45, 2.75) is 13.0 Å². The van der Waals surface area contributed by atoms with E-state index in [4.69, 9.17) is 5.73 Å². The molecule has 1 heterocycles. The molecule has 146 valence electrons. The van der Waals surface area contributed by atoms with Gasteiger partial charge in [0, 0.05) is 36.7 Å².